The van der Waals surface area contributed by atoms with Crippen molar-refractivity contribution in [2.24, 2.45) is 0 Å². The normalized spacial score (nSPS) is 11.8. The highest BCUT2D eigenvalue weighted by Crippen LogP contribution is 2.14. The zero-order chi connectivity index (χ0) is 15.4. The smallest absolute Gasteiger partial charge is 0.338 e. The lowest BCUT2D eigenvalue weighted by atomic mass is 10.2. The van der Waals surface area contributed by atoms with Gasteiger partial charge in [-0.05, 0) is 32.0 Å². The van der Waals surface area contributed by atoms with Crippen molar-refractivity contribution in [3.05, 3.63) is 46.1 Å². The number of halogens is 1. The van der Waals surface area contributed by atoms with Gasteiger partial charge >= 0.3 is 5.97 Å². The number of aromatic nitrogens is 1. The molecule has 1 heterocycles. The molecule has 0 fully saturated rings. The summed E-state index contributed by atoms with van der Waals surface area (Å²) in [7, 11) is 0. The number of anilines is 1. The van der Waals surface area contributed by atoms with Gasteiger partial charge in [0.2, 0.25) is 0 Å². The molecule has 1 amide bonds. The Morgan fingerprint density at radius 2 is 2.14 bits per heavy atom. The van der Waals surface area contributed by atoms with Crippen LogP contribution in [0.1, 0.15) is 23.0 Å². The number of nitrogens with zero attached hydrogens (tertiary/aromatic N) is 1. The number of nitrogens with one attached hydrogen (secondary N) is 1. The molecule has 0 radical (unpaired) electrons. The van der Waals surface area contributed by atoms with E-state index in [0.29, 0.717) is 11.3 Å². The molecule has 2 aromatic rings. The van der Waals surface area contributed by atoms with Crippen molar-refractivity contribution in [3.63, 3.8) is 0 Å². The summed E-state index contributed by atoms with van der Waals surface area (Å²) in [6.07, 6.45) is -0.950. The maximum atomic E-state index is 11.9. The van der Waals surface area contributed by atoms with Crippen molar-refractivity contribution in [2.75, 3.05) is 5.32 Å². The van der Waals surface area contributed by atoms with Gasteiger partial charge in [-0.3, -0.25) is 4.79 Å². The minimum Gasteiger partial charge on any atom is -0.449 e. The van der Waals surface area contributed by atoms with Gasteiger partial charge in [0, 0.05) is 10.5 Å². The number of rotatable bonds is 4. The average Bonchev–Trinajstić information content (AvgIpc) is 2.84. The van der Waals surface area contributed by atoms with Crippen LogP contribution in [0.15, 0.2) is 39.3 Å². The molecular formula is C14H13BrN2O4. The van der Waals surface area contributed by atoms with E-state index in [1.165, 1.54) is 6.92 Å². The van der Waals surface area contributed by atoms with E-state index in [4.69, 9.17) is 9.26 Å². The lowest BCUT2D eigenvalue weighted by Gasteiger charge is -2.12. The van der Waals surface area contributed by atoms with Gasteiger partial charge in [0.05, 0.1) is 5.56 Å². The highest BCUT2D eigenvalue weighted by atomic mass is 79.9. The van der Waals surface area contributed by atoms with E-state index in [2.05, 4.69) is 26.4 Å². The van der Waals surface area contributed by atoms with Gasteiger partial charge in [0.15, 0.2) is 11.9 Å². The Bertz CT molecular complexity index is 668. The van der Waals surface area contributed by atoms with E-state index < -0.39 is 18.0 Å². The van der Waals surface area contributed by atoms with Crippen molar-refractivity contribution in [2.45, 2.75) is 20.0 Å². The van der Waals surface area contributed by atoms with Gasteiger partial charge in [0.25, 0.3) is 5.91 Å². The number of carbonyl (C=O) groups excluding carboxylic acids is 2. The fourth-order valence-corrected chi connectivity index (χ4v) is 1.95. The average molecular weight is 353 g/mol. The molecule has 21 heavy (non-hydrogen) atoms. The van der Waals surface area contributed by atoms with Gasteiger partial charge in [-0.1, -0.05) is 27.2 Å². The highest BCUT2D eigenvalue weighted by Gasteiger charge is 2.20. The lowest BCUT2D eigenvalue weighted by Crippen LogP contribution is -2.30. The summed E-state index contributed by atoms with van der Waals surface area (Å²) < 4.78 is 10.7. The van der Waals surface area contributed by atoms with Crippen LogP contribution in [0, 0.1) is 6.92 Å². The first kappa shape index (κ1) is 15.2. The fraction of sp³-hybridized carbons (Fsp3) is 0.214. The number of ether oxygens (including phenoxy) is 1. The predicted octanol–water partition coefficient (Wildman–Crippen LogP) is 2.93. The van der Waals surface area contributed by atoms with Gasteiger partial charge < -0.3 is 14.6 Å². The summed E-state index contributed by atoms with van der Waals surface area (Å²) in [5.41, 5.74) is 0.362. The summed E-state index contributed by atoms with van der Waals surface area (Å²) >= 11 is 3.27. The maximum Gasteiger partial charge on any atom is 0.338 e. The standard InChI is InChI=1S/C14H13BrN2O4/c1-8-6-12(17-21-8)16-13(18)9(2)20-14(19)10-4-3-5-11(15)7-10/h3-7,9H,1-2H3,(H,16,17,18)/t9-/m0/s1. The van der Waals surface area contributed by atoms with Crippen LogP contribution in [-0.4, -0.2) is 23.1 Å². The van der Waals surface area contributed by atoms with Gasteiger partial charge in [0.1, 0.15) is 5.76 Å². The highest BCUT2D eigenvalue weighted by molar-refractivity contribution is 9.10. The topological polar surface area (TPSA) is 81.4 Å². The number of hydrogen-bond acceptors (Lipinski definition) is 5. The first-order valence-corrected chi connectivity index (χ1v) is 6.96. The molecule has 0 saturated carbocycles. The minimum atomic E-state index is -0.950. The zero-order valence-corrected chi connectivity index (χ0v) is 13.0. The summed E-state index contributed by atoms with van der Waals surface area (Å²) in [5, 5.41) is 6.13. The molecule has 0 aliphatic heterocycles. The molecule has 0 bridgehead atoms. The number of amides is 1. The van der Waals surface area contributed by atoms with Crippen LogP contribution < -0.4 is 5.32 Å². The van der Waals surface area contributed by atoms with Crippen LogP contribution in [0.3, 0.4) is 0 Å². The second-order valence-electron chi connectivity index (χ2n) is 4.37. The third-order valence-electron chi connectivity index (χ3n) is 2.59. The molecule has 1 aromatic heterocycles. The summed E-state index contributed by atoms with van der Waals surface area (Å²) in [5.74, 6) is -0.200. The molecule has 0 aliphatic carbocycles. The number of benzene rings is 1. The van der Waals surface area contributed by atoms with Crippen LogP contribution in [0.5, 0.6) is 0 Å². The molecule has 0 saturated heterocycles. The van der Waals surface area contributed by atoms with Gasteiger partial charge in [-0.25, -0.2) is 4.79 Å². The van der Waals surface area contributed by atoms with Crippen LogP contribution in [0.25, 0.3) is 0 Å². The first-order valence-electron chi connectivity index (χ1n) is 6.16. The lowest BCUT2D eigenvalue weighted by molar-refractivity contribution is -0.123. The Kier molecular flexibility index (Phi) is 4.74. The SMILES string of the molecule is Cc1cc(NC(=O)[C@H](C)OC(=O)c2cccc(Br)c2)no1. The van der Waals surface area contributed by atoms with E-state index in [-0.39, 0.29) is 5.82 Å². The Hall–Kier alpha value is -2.15. The second-order valence-corrected chi connectivity index (χ2v) is 5.29. The van der Waals surface area contributed by atoms with E-state index >= 15 is 0 Å². The second kappa shape index (κ2) is 6.53. The molecule has 0 spiro atoms. The van der Waals surface area contributed by atoms with Crippen molar-refractivity contribution in [1.82, 2.24) is 5.16 Å². The van der Waals surface area contributed by atoms with Crippen LogP contribution in [0.4, 0.5) is 5.82 Å². The van der Waals surface area contributed by atoms with E-state index in [0.717, 1.165) is 4.47 Å². The maximum absolute atomic E-state index is 11.9. The third-order valence-corrected chi connectivity index (χ3v) is 3.09. The molecule has 7 heteroatoms. The summed E-state index contributed by atoms with van der Waals surface area (Å²) in [6, 6.07) is 8.30. The van der Waals surface area contributed by atoms with E-state index in [1.807, 2.05) is 0 Å². The van der Waals surface area contributed by atoms with Gasteiger partial charge in [-0.2, -0.15) is 0 Å². The Balaban J connectivity index is 1.95. The van der Waals surface area contributed by atoms with Crippen molar-refractivity contribution in [3.8, 4) is 0 Å². The number of aryl methyl sites for hydroxylation is 1. The molecule has 1 atom stereocenters. The van der Waals surface area contributed by atoms with Gasteiger partial charge in [-0.15, -0.1) is 0 Å². The molecule has 0 aliphatic rings. The number of carbonyl (C=O) groups is 2. The molecule has 0 unspecified atom stereocenters. The Morgan fingerprint density at radius 1 is 1.38 bits per heavy atom. The summed E-state index contributed by atoms with van der Waals surface area (Å²) in [4.78, 5) is 23.8. The van der Waals surface area contributed by atoms with Crippen LogP contribution >= 0.6 is 15.9 Å². The Morgan fingerprint density at radius 3 is 2.76 bits per heavy atom. The monoisotopic (exact) mass is 352 g/mol. The Labute approximate surface area is 129 Å². The summed E-state index contributed by atoms with van der Waals surface area (Å²) in [6.45, 7) is 3.19. The molecule has 110 valence electrons. The fourth-order valence-electron chi connectivity index (χ4n) is 1.55. The quantitative estimate of drug-likeness (QED) is 0.855. The molecule has 6 nitrogen and oxygen atoms in total. The first-order chi connectivity index (χ1) is 9.95. The van der Waals surface area contributed by atoms with Crippen molar-refractivity contribution >= 4 is 33.6 Å². The minimum absolute atomic E-state index is 0.280. The van der Waals surface area contributed by atoms with Crippen molar-refractivity contribution in [1.29, 1.82) is 0 Å². The van der Waals surface area contributed by atoms with Crippen molar-refractivity contribution < 1.29 is 18.8 Å². The van der Waals surface area contributed by atoms with E-state index in [9.17, 15) is 9.59 Å². The third kappa shape index (κ3) is 4.16. The number of hydrogen-bond donors (Lipinski definition) is 1. The van der Waals surface area contributed by atoms with Crippen LogP contribution in [-0.2, 0) is 9.53 Å². The zero-order valence-electron chi connectivity index (χ0n) is 11.4. The largest absolute Gasteiger partial charge is 0.449 e. The number of esters is 1. The molecule has 1 aromatic carbocycles. The molecule has 1 N–H and O–H groups in total. The van der Waals surface area contributed by atoms with E-state index in [1.54, 1.807) is 37.3 Å². The van der Waals surface area contributed by atoms with Crippen LogP contribution in [0.2, 0.25) is 0 Å². The predicted molar refractivity (Wildman–Crippen MR) is 78.9 cm³/mol. The molecular weight excluding hydrogens is 340 g/mol. The molecule has 2 rings (SSSR count).